The summed E-state index contributed by atoms with van der Waals surface area (Å²) in [5.41, 5.74) is -0.131. The summed E-state index contributed by atoms with van der Waals surface area (Å²) in [5.74, 6) is 0.162. The highest BCUT2D eigenvalue weighted by Gasteiger charge is 2.15. The Morgan fingerprint density at radius 2 is 2.17 bits per heavy atom. The first-order valence-electron chi connectivity index (χ1n) is 6.79. The van der Waals surface area contributed by atoms with E-state index in [0.29, 0.717) is 5.75 Å². The van der Waals surface area contributed by atoms with Crippen molar-refractivity contribution in [1.82, 2.24) is 5.32 Å². The number of carbonyl (C=O) groups is 1. The van der Waals surface area contributed by atoms with Crippen LogP contribution in [0.2, 0.25) is 0 Å². The van der Waals surface area contributed by atoms with Crippen molar-refractivity contribution in [1.29, 1.82) is 0 Å². The summed E-state index contributed by atoms with van der Waals surface area (Å²) in [4.78, 5) is 23.2. The third-order valence-corrected chi connectivity index (χ3v) is 4.12. The number of nitrogens with one attached hydrogen (secondary N) is 1. The maximum Gasteiger partial charge on any atom is 0.273 e. The van der Waals surface area contributed by atoms with Gasteiger partial charge in [-0.2, -0.15) is 0 Å². The molecule has 0 aliphatic rings. The normalized spacial score (nSPS) is 11.6. The molecule has 23 heavy (non-hydrogen) atoms. The number of methoxy groups -OCH3 is 1. The van der Waals surface area contributed by atoms with E-state index >= 15 is 0 Å². The van der Waals surface area contributed by atoms with E-state index in [1.165, 1.54) is 25.3 Å². The first kappa shape index (κ1) is 16.8. The SMILES string of the molecule is COc1ccc([N+](=O)[O-])cc1OCC(=O)NC(C)c1cccs1. The fraction of sp³-hybridized carbons (Fsp3) is 0.267. The lowest BCUT2D eigenvalue weighted by Gasteiger charge is -2.14. The van der Waals surface area contributed by atoms with Crippen LogP contribution >= 0.6 is 11.3 Å². The van der Waals surface area contributed by atoms with Crippen molar-refractivity contribution in [3.05, 3.63) is 50.7 Å². The van der Waals surface area contributed by atoms with Crippen molar-refractivity contribution in [2.24, 2.45) is 0 Å². The van der Waals surface area contributed by atoms with Crippen molar-refractivity contribution in [3.8, 4) is 11.5 Å². The van der Waals surface area contributed by atoms with Crippen LogP contribution < -0.4 is 14.8 Å². The van der Waals surface area contributed by atoms with Crippen molar-refractivity contribution in [3.63, 3.8) is 0 Å². The molecule has 0 aliphatic carbocycles. The van der Waals surface area contributed by atoms with Crippen molar-refractivity contribution in [2.45, 2.75) is 13.0 Å². The highest BCUT2D eigenvalue weighted by molar-refractivity contribution is 7.10. The molecule has 0 aliphatic heterocycles. The molecule has 1 amide bonds. The van der Waals surface area contributed by atoms with E-state index in [4.69, 9.17) is 9.47 Å². The summed E-state index contributed by atoms with van der Waals surface area (Å²) in [5, 5.41) is 15.5. The molecule has 1 aromatic carbocycles. The smallest absolute Gasteiger partial charge is 0.273 e. The second-order valence-corrected chi connectivity index (χ2v) is 5.66. The number of hydrogen-bond acceptors (Lipinski definition) is 6. The van der Waals surface area contributed by atoms with Crippen LogP contribution in [0.4, 0.5) is 5.69 Å². The molecule has 0 bridgehead atoms. The maximum atomic E-state index is 11.9. The summed E-state index contributed by atoms with van der Waals surface area (Å²) in [7, 11) is 1.42. The number of non-ortho nitro benzene ring substituents is 1. The highest BCUT2D eigenvalue weighted by Crippen LogP contribution is 2.31. The second-order valence-electron chi connectivity index (χ2n) is 4.69. The third-order valence-electron chi connectivity index (χ3n) is 3.06. The van der Waals surface area contributed by atoms with Gasteiger partial charge in [-0.25, -0.2) is 0 Å². The van der Waals surface area contributed by atoms with Gasteiger partial charge >= 0.3 is 0 Å². The van der Waals surface area contributed by atoms with Crippen LogP contribution in [-0.2, 0) is 4.79 Å². The molecule has 0 saturated carbocycles. The summed E-state index contributed by atoms with van der Waals surface area (Å²) >= 11 is 1.55. The third kappa shape index (κ3) is 4.43. The molecule has 2 aromatic rings. The van der Waals surface area contributed by atoms with Crippen LogP contribution in [0.1, 0.15) is 17.8 Å². The van der Waals surface area contributed by atoms with Gasteiger partial charge in [-0.15, -0.1) is 11.3 Å². The summed E-state index contributed by atoms with van der Waals surface area (Å²) in [6, 6.07) is 7.69. The molecule has 0 radical (unpaired) electrons. The Balaban J connectivity index is 1.98. The Labute approximate surface area is 137 Å². The molecule has 0 fully saturated rings. The Morgan fingerprint density at radius 3 is 2.78 bits per heavy atom. The average molecular weight is 336 g/mol. The van der Waals surface area contributed by atoms with Gasteiger partial charge < -0.3 is 14.8 Å². The summed E-state index contributed by atoms with van der Waals surface area (Å²) in [6.07, 6.45) is 0. The first-order chi connectivity index (χ1) is 11.0. The van der Waals surface area contributed by atoms with E-state index < -0.39 is 4.92 Å². The zero-order chi connectivity index (χ0) is 16.8. The number of carbonyl (C=O) groups excluding carboxylic acids is 1. The minimum atomic E-state index is -0.536. The van der Waals surface area contributed by atoms with Crippen molar-refractivity contribution >= 4 is 22.9 Å². The van der Waals surface area contributed by atoms with Crippen LogP contribution in [0.3, 0.4) is 0 Å². The van der Waals surface area contributed by atoms with Crippen molar-refractivity contribution in [2.75, 3.05) is 13.7 Å². The lowest BCUT2D eigenvalue weighted by Crippen LogP contribution is -2.30. The van der Waals surface area contributed by atoms with Gasteiger partial charge in [-0.1, -0.05) is 6.07 Å². The molecular weight excluding hydrogens is 320 g/mol. The number of nitro groups is 1. The molecule has 8 heteroatoms. The van der Waals surface area contributed by atoms with E-state index in [2.05, 4.69) is 5.32 Å². The summed E-state index contributed by atoms with van der Waals surface area (Å²) in [6.45, 7) is 1.62. The number of nitrogens with zero attached hydrogens (tertiary/aromatic N) is 1. The van der Waals surface area contributed by atoms with E-state index in [1.54, 1.807) is 11.3 Å². The van der Waals surface area contributed by atoms with Gasteiger partial charge in [-0.05, 0) is 24.4 Å². The van der Waals surface area contributed by atoms with Crippen LogP contribution in [0.5, 0.6) is 11.5 Å². The quantitative estimate of drug-likeness (QED) is 0.620. The number of nitro benzene ring substituents is 1. The van der Waals surface area contributed by atoms with E-state index in [0.717, 1.165) is 4.88 Å². The number of rotatable bonds is 7. The molecule has 1 atom stereocenters. The fourth-order valence-corrected chi connectivity index (χ4v) is 2.66. The topological polar surface area (TPSA) is 90.7 Å². The Bertz CT molecular complexity index is 687. The first-order valence-corrected chi connectivity index (χ1v) is 7.67. The second kappa shape index (κ2) is 7.59. The van der Waals surface area contributed by atoms with Gasteiger partial charge in [0.05, 0.1) is 24.1 Å². The van der Waals surface area contributed by atoms with E-state index in [9.17, 15) is 14.9 Å². The molecule has 1 aromatic heterocycles. The standard InChI is InChI=1S/C15H16N2O5S/c1-10(14-4-3-7-23-14)16-15(18)9-22-13-8-11(17(19)20)5-6-12(13)21-2/h3-8,10H,9H2,1-2H3,(H,16,18). The van der Waals surface area contributed by atoms with Crippen LogP contribution in [-0.4, -0.2) is 24.5 Å². The Hall–Kier alpha value is -2.61. The zero-order valence-electron chi connectivity index (χ0n) is 12.6. The molecule has 0 spiro atoms. The van der Waals surface area contributed by atoms with Gasteiger partial charge in [-0.3, -0.25) is 14.9 Å². The fourth-order valence-electron chi connectivity index (χ4n) is 1.93. The van der Waals surface area contributed by atoms with Crippen LogP contribution in [0, 0.1) is 10.1 Å². The zero-order valence-corrected chi connectivity index (χ0v) is 13.5. The molecule has 1 N–H and O–H groups in total. The number of hydrogen-bond donors (Lipinski definition) is 1. The Morgan fingerprint density at radius 1 is 1.39 bits per heavy atom. The van der Waals surface area contributed by atoms with Gasteiger partial charge in [0.15, 0.2) is 18.1 Å². The predicted molar refractivity (Wildman–Crippen MR) is 86.0 cm³/mol. The predicted octanol–water partition coefficient (Wildman–Crippen LogP) is 2.92. The molecular formula is C15H16N2O5S. The molecule has 1 unspecified atom stereocenters. The Kier molecular flexibility index (Phi) is 5.53. The summed E-state index contributed by atoms with van der Waals surface area (Å²) < 4.78 is 10.4. The van der Waals surface area contributed by atoms with Gasteiger partial charge in [0, 0.05) is 10.9 Å². The van der Waals surface area contributed by atoms with Gasteiger partial charge in [0.2, 0.25) is 0 Å². The lowest BCUT2D eigenvalue weighted by atomic mass is 10.2. The van der Waals surface area contributed by atoms with Crippen molar-refractivity contribution < 1.29 is 19.2 Å². The number of ether oxygens (including phenoxy) is 2. The molecule has 122 valence electrons. The highest BCUT2D eigenvalue weighted by atomic mass is 32.1. The number of benzene rings is 1. The van der Waals surface area contributed by atoms with E-state index in [1.807, 2.05) is 24.4 Å². The monoisotopic (exact) mass is 336 g/mol. The lowest BCUT2D eigenvalue weighted by molar-refractivity contribution is -0.385. The van der Waals surface area contributed by atoms with Gasteiger partial charge in [0.1, 0.15) is 0 Å². The van der Waals surface area contributed by atoms with Crippen LogP contribution in [0.15, 0.2) is 35.7 Å². The van der Waals surface area contributed by atoms with Gasteiger partial charge in [0.25, 0.3) is 11.6 Å². The number of amides is 1. The molecule has 0 saturated heterocycles. The molecule has 2 rings (SSSR count). The maximum absolute atomic E-state index is 11.9. The van der Waals surface area contributed by atoms with Crippen LogP contribution in [0.25, 0.3) is 0 Å². The molecule has 7 nitrogen and oxygen atoms in total. The number of thiophene rings is 1. The minimum Gasteiger partial charge on any atom is -0.493 e. The molecule has 1 heterocycles. The minimum absolute atomic E-state index is 0.127. The van der Waals surface area contributed by atoms with E-state index in [-0.39, 0.29) is 30.0 Å². The largest absolute Gasteiger partial charge is 0.493 e. The average Bonchev–Trinajstić information content (AvgIpc) is 3.07.